The molecule has 7 nitrogen and oxygen atoms in total. The molecule has 9 heteroatoms. The molecule has 2 aromatic carbocycles. The fourth-order valence-electron chi connectivity index (χ4n) is 2.58. The van der Waals surface area contributed by atoms with E-state index < -0.39 is 11.7 Å². The average molecular weight is 433 g/mol. The summed E-state index contributed by atoms with van der Waals surface area (Å²) >= 11 is 6.05. The van der Waals surface area contributed by atoms with Gasteiger partial charge in [0.25, 0.3) is 5.91 Å². The van der Waals surface area contributed by atoms with Crippen LogP contribution in [-0.4, -0.2) is 52.2 Å². The molecule has 0 saturated carbocycles. The summed E-state index contributed by atoms with van der Waals surface area (Å²) in [5.74, 6) is -1.05. The smallest absolute Gasteiger partial charge is 0.277 e. The maximum absolute atomic E-state index is 13.2. The third kappa shape index (κ3) is 6.84. The van der Waals surface area contributed by atoms with Crippen LogP contribution in [0.1, 0.15) is 29.6 Å². The van der Waals surface area contributed by atoms with E-state index in [0.29, 0.717) is 22.6 Å². The molecular formula is C21H22ClFN4O3. The monoisotopic (exact) mass is 432 g/mol. The SMILES string of the molecule is N=C(CCC=NC(=N)CCO)CN(O)C(=O)c1ccc(-c2ccc(F)cc2Cl)cc1. The standard InChI is InChI=1S/C21H22ClFN4O3/c22-19-12-16(23)7-8-18(19)14-3-5-15(6-4-14)21(29)27(30)13-17(24)2-1-10-26-20(25)9-11-28/h3-8,10,12,24-25,28,30H,1-2,9,11,13H2. The van der Waals surface area contributed by atoms with E-state index in [1.165, 1.54) is 30.5 Å². The Hall–Kier alpha value is -2.94. The summed E-state index contributed by atoms with van der Waals surface area (Å²) in [6, 6.07) is 10.4. The molecule has 2 aromatic rings. The van der Waals surface area contributed by atoms with E-state index in [1.807, 2.05) is 0 Å². The number of aliphatic imine (C=N–C) groups is 1. The van der Waals surface area contributed by atoms with Crippen molar-refractivity contribution < 1.29 is 19.5 Å². The molecule has 0 unspecified atom stereocenters. The van der Waals surface area contributed by atoms with Crippen LogP contribution in [0.3, 0.4) is 0 Å². The average Bonchev–Trinajstić information content (AvgIpc) is 2.71. The summed E-state index contributed by atoms with van der Waals surface area (Å²) in [5.41, 5.74) is 1.67. The number of rotatable bonds is 9. The zero-order valence-corrected chi connectivity index (χ0v) is 16.9. The van der Waals surface area contributed by atoms with Crippen molar-refractivity contribution >= 4 is 35.3 Å². The van der Waals surface area contributed by atoms with Gasteiger partial charge in [0.05, 0.1) is 18.2 Å². The summed E-state index contributed by atoms with van der Waals surface area (Å²) in [5, 5.41) is 34.7. The Kier molecular flexibility index (Phi) is 8.79. The molecule has 4 N–H and O–H groups in total. The summed E-state index contributed by atoms with van der Waals surface area (Å²) in [4.78, 5) is 16.2. The summed E-state index contributed by atoms with van der Waals surface area (Å²) < 4.78 is 13.2. The van der Waals surface area contributed by atoms with Gasteiger partial charge in [-0.2, -0.15) is 0 Å². The van der Waals surface area contributed by atoms with Gasteiger partial charge >= 0.3 is 0 Å². The fourth-order valence-corrected chi connectivity index (χ4v) is 2.86. The van der Waals surface area contributed by atoms with Gasteiger partial charge in [0.2, 0.25) is 0 Å². The van der Waals surface area contributed by atoms with Gasteiger partial charge in [0.1, 0.15) is 11.7 Å². The quantitative estimate of drug-likeness (QED) is 0.205. The van der Waals surface area contributed by atoms with Crippen LogP contribution in [0.4, 0.5) is 4.39 Å². The number of hydroxylamine groups is 2. The summed E-state index contributed by atoms with van der Waals surface area (Å²) in [6.07, 6.45) is 2.28. The van der Waals surface area contributed by atoms with E-state index >= 15 is 0 Å². The molecule has 0 aliphatic heterocycles. The minimum Gasteiger partial charge on any atom is -0.396 e. The molecule has 0 heterocycles. The largest absolute Gasteiger partial charge is 0.396 e. The van der Waals surface area contributed by atoms with Crippen LogP contribution in [0.15, 0.2) is 47.5 Å². The fraction of sp³-hybridized carbons (Fsp3) is 0.238. The van der Waals surface area contributed by atoms with Gasteiger partial charge in [0, 0.05) is 29.5 Å². The Morgan fingerprint density at radius 1 is 1.17 bits per heavy atom. The minimum atomic E-state index is -0.658. The molecular weight excluding hydrogens is 411 g/mol. The summed E-state index contributed by atoms with van der Waals surface area (Å²) in [7, 11) is 0. The van der Waals surface area contributed by atoms with Gasteiger partial charge in [-0.15, -0.1) is 0 Å². The van der Waals surface area contributed by atoms with Crippen LogP contribution in [0, 0.1) is 16.6 Å². The van der Waals surface area contributed by atoms with Crippen LogP contribution < -0.4 is 0 Å². The van der Waals surface area contributed by atoms with E-state index in [2.05, 4.69) is 4.99 Å². The van der Waals surface area contributed by atoms with Crippen molar-refractivity contribution in [2.45, 2.75) is 19.3 Å². The third-order valence-corrected chi connectivity index (χ3v) is 4.43. The highest BCUT2D eigenvalue weighted by Gasteiger charge is 2.15. The van der Waals surface area contributed by atoms with Crippen molar-refractivity contribution in [3.8, 4) is 11.1 Å². The van der Waals surface area contributed by atoms with Gasteiger partial charge in [0.15, 0.2) is 0 Å². The number of halogens is 2. The number of amides is 1. The van der Waals surface area contributed by atoms with E-state index in [-0.39, 0.29) is 48.1 Å². The number of aliphatic hydroxyl groups excluding tert-OH is 1. The Balaban J connectivity index is 1.91. The highest BCUT2D eigenvalue weighted by Crippen LogP contribution is 2.28. The number of hydrogen-bond donors (Lipinski definition) is 4. The zero-order valence-electron chi connectivity index (χ0n) is 16.1. The second-order valence-electron chi connectivity index (χ2n) is 6.44. The van der Waals surface area contributed by atoms with E-state index in [4.69, 9.17) is 27.5 Å². The van der Waals surface area contributed by atoms with Crippen molar-refractivity contribution in [2.24, 2.45) is 4.99 Å². The summed E-state index contributed by atoms with van der Waals surface area (Å²) in [6.45, 7) is -0.405. The van der Waals surface area contributed by atoms with Gasteiger partial charge in [-0.3, -0.25) is 15.4 Å². The maximum Gasteiger partial charge on any atom is 0.277 e. The predicted molar refractivity (Wildman–Crippen MR) is 115 cm³/mol. The Morgan fingerprint density at radius 3 is 2.50 bits per heavy atom. The van der Waals surface area contributed by atoms with Crippen molar-refractivity contribution in [3.05, 3.63) is 58.9 Å². The number of benzene rings is 2. The predicted octanol–water partition coefficient (Wildman–Crippen LogP) is 4.21. The lowest BCUT2D eigenvalue weighted by Gasteiger charge is -2.15. The van der Waals surface area contributed by atoms with Crippen LogP contribution in [0.25, 0.3) is 11.1 Å². The second-order valence-corrected chi connectivity index (χ2v) is 6.85. The van der Waals surface area contributed by atoms with Crippen LogP contribution in [-0.2, 0) is 0 Å². The van der Waals surface area contributed by atoms with Crippen molar-refractivity contribution in [1.29, 1.82) is 10.8 Å². The maximum atomic E-state index is 13.2. The van der Waals surface area contributed by atoms with Gasteiger partial charge < -0.3 is 10.5 Å². The van der Waals surface area contributed by atoms with Crippen molar-refractivity contribution in [1.82, 2.24) is 5.06 Å². The molecule has 0 aliphatic rings. The first-order chi connectivity index (χ1) is 14.3. The number of carbonyl (C=O) groups is 1. The molecule has 0 saturated heterocycles. The molecule has 0 aliphatic carbocycles. The number of carbonyl (C=O) groups excluding carboxylic acids is 1. The first-order valence-corrected chi connectivity index (χ1v) is 9.53. The topological polar surface area (TPSA) is 121 Å². The van der Waals surface area contributed by atoms with Crippen molar-refractivity contribution in [3.63, 3.8) is 0 Å². The van der Waals surface area contributed by atoms with Gasteiger partial charge in [-0.1, -0.05) is 23.7 Å². The molecule has 0 fully saturated rings. The number of nitrogens with one attached hydrogen (secondary N) is 2. The third-order valence-electron chi connectivity index (χ3n) is 4.12. The molecule has 0 aromatic heterocycles. The van der Waals surface area contributed by atoms with E-state index in [0.717, 1.165) is 0 Å². The minimum absolute atomic E-state index is 0.0494. The molecule has 1 amide bonds. The van der Waals surface area contributed by atoms with Gasteiger partial charge in [-0.05, 0) is 48.7 Å². The van der Waals surface area contributed by atoms with Gasteiger partial charge in [-0.25, -0.2) is 14.4 Å². The van der Waals surface area contributed by atoms with Crippen LogP contribution >= 0.6 is 11.6 Å². The van der Waals surface area contributed by atoms with Crippen molar-refractivity contribution in [2.75, 3.05) is 13.2 Å². The van der Waals surface area contributed by atoms with Crippen LogP contribution in [0.5, 0.6) is 0 Å². The highest BCUT2D eigenvalue weighted by molar-refractivity contribution is 6.33. The van der Waals surface area contributed by atoms with E-state index in [9.17, 15) is 14.4 Å². The lowest BCUT2D eigenvalue weighted by molar-refractivity contribution is -0.0466. The normalized spacial score (nSPS) is 10.9. The number of nitrogens with zero attached hydrogens (tertiary/aromatic N) is 2. The highest BCUT2D eigenvalue weighted by atomic mass is 35.5. The first kappa shape index (κ1) is 23.3. The number of hydrogen-bond acceptors (Lipinski definition) is 5. The Morgan fingerprint density at radius 2 is 1.87 bits per heavy atom. The molecule has 0 atom stereocenters. The lowest BCUT2D eigenvalue weighted by Crippen LogP contribution is -2.32. The molecule has 0 radical (unpaired) electrons. The molecule has 30 heavy (non-hydrogen) atoms. The molecule has 0 bridgehead atoms. The second kappa shape index (κ2) is 11.3. The molecule has 0 spiro atoms. The lowest BCUT2D eigenvalue weighted by atomic mass is 10.0. The Bertz CT molecular complexity index is 948. The first-order valence-electron chi connectivity index (χ1n) is 9.15. The zero-order chi connectivity index (χ0) is 22.1. The van der Waals surface area contributed by atoms with E-state index in [1.54, 1.807) is 18.2 Å². The molecule has 158 valence electrons. The molecule has 2 rings (SSSR count). The number of amidine groups is 1. The number of aliphatic hydroxyl groups is 1. The Labute approximate surface area is 178 Å². The van der Waals surface area contributed by atoms with Crippen LogP contribution in [0.2, 0.25) is 5.02 Å².